The van der Waals surface area contributed by atoms with Crippen LogP contribution in [0.25, 0.3) is 11.3 Å². The van der Waals surface area contributed by atoms with Crippen molar-refractivity contribution in [3.8, 4) is 17.0 Å². The molecule has 2 aromatic carbocycles. The molecule has 0 bridgehead atoms. The summed E-state index contributed by atoms with van der Waals surface area (Å²) in [6.07, 6.45) is 0. The summed E-state index contributed by atoms with van der Waals surface area (Å²) in [5.74, 6) is 0.988. The lowest BCUT2D eigenvalue weighted by molar-refractivity contribution is -0.116. The average molecular weight is 491 g/mol. The van der Waals surface area contributed by atoms with Crippen LogP contribution < -0.4 is 9.64 Å². The van der Waals surface area contributed by atoms with Gasteiger partial charge in [-0.3, -0.25) is 9.69 Å². The molecule has 174 valence electrons. The second-order valence-corrected chi connectivity index (χ2v) is 9.94. The van der Waals surface area contributed by atoms with Gasteiger partial charge in [0.1, 0.15) is 5.75 Å². The molecule has 0 radical (unpaired) electrons. The van der Waals surface area contributed by atoms with Crippen molar-refractivity contribution in [3.63, 3.8) is 0 Å². The van der Waals surface area contributed by atoms with Gasteiger partial charge in [0.25, 0.3) is 0 Å². The first-order chi connectivity index (χ1) is 16.4. The summed E-state index contributed by atoms with van der Waals surface area (Å²) in [4.78, 5) is 30.0. The molecule has 0 saturated carbocycles. The number of ether oxygens (including phenoxy) is 1. The highest BCUT2D eigenvalue weighted by Crippen LogP contribution is 2.34. The Bertz CT molecular complexity index is 1250. The Morgan fingerprint density at radius 3 is 2.29 bits per heavy atom. The van der Waals surface area contributed by atoms with E-state index in [1.165, 1.54) is 23.1 Å². The largest absolute Gasteiger partial charge is 0.497 e. The van der Waals surface area contributed by atoms with Gasteiger partial charge in [-0.25, -0.2) is 15.0 Å². The van der Waals surface area contributed by atoms with Crippen molar-refractivity contribution in [1.29, 1.82) is 0 Å². The zero-order valence-corrected chi connectivity index (χ0v) is 21.2. The number of hydrogen-bond acceptors (Lipinski definition) is 7. The van der Waals surface area contributed by atoms with Crippen LogP contribution in [-0.2, 0) is 11.3 Å². The van der Waals surface area contributed by atoms with E-state index in [4.69, 9.17) is 9.72 Å². The summed E-state index contributed by atoms with van der Waals surface area (Å²) in [5.41, 5.74) is 4.69. The van der Waals surface area contributed by atoms with Gasteiger partial charge in [0, 0.05) is 21.8 Å². The fourth-order valence-electron chi connectivity index (χ4n) is 3.51. The Morgan fingerprint density at radius 1 is 0.971 bits per heavy atom. The van der Waals surface area contributed by atoms with E-state index in [0.717, 1.165) is 38.8 Å². The number of aromatic nitrogens is 3. The first kappa shape index (κ1) is 23.9. The van der Waals surface area contributed by atoms with Crippen molar-refractivity contribution in [2.75, 3.05) is 17.8 Å². The molecule has 0 atom stereocenters. The van der Waals surface area contributed by atoms with Crippen LogP contribution in [0.4, 0.5) is 5.13 Å². The first-order valence-corrected chi connectivity index (χ1v) is 12.6. The number of thiazole rings is 1. The summed E-state index contributed by atoms with van der Waals surface area (Å²) in [6, 6.07) is 19.7. The second kappa shape index (κ2) is 10.8. The Labute approximate surface area is 208 Å². The number of methoxy groups -OCH3 is 1. The first-order valence-electron chi connectivity index (χ1n) is 10.8. The lowest BCUT2D eigenvalue weighted by atomic mass is 10.1. The van der Waals surface area contributed by atoms with Crippen molar-refractivity contribution in [1.82, 2.24) is 15.0 Å². The molecule has 8 heteroatoms. The molecule has 6 nitrogen and oxygen atoms in total. The minimum absolute atomic E-state index is 0.0355. The van der Waals surface area contributed by atoms with Crippen LogP contribution >= 0.6 is 23.1 Å². The standard InChI is InChI=1S/C26H26N4O2S2/c1-17-14-18(2)28-25(27-17)33-16-23(31)30(15-20-8-6-5-7-9-20)26-29-24(19(3)34-26)21-10-12-22(32-4)13-11-21/h5-14H,15-16H2,1-4H3. The number of thioether (sulfide) groups is 1. The van der Waals surface area contributed by atoms with E-state index in [1.54, 1.807) is 12.0 Å². The summed E-state index contributed by atoms with van der Waals surface area (Å²) in [6.45, 7) is 6.34. The molecule has 1 amide bonds. The predicted molar refractivity (Wildman–Crippen MR) is 139 cm³/mol. The molecule has 0 saturated heterocycles. The highest BCUT2D eigenvalue weighted by molar-refractivity contribution is 7.99. The van der Waals surface area contributed by atoms with E-state index in [1.807, 2.05) is 81.4 Å². The molecule has 0 aliphatic heterocycles. The van der Waals surface area contributed by atoms with E-state index in [2.05, 4.69) is 9.97 Å². The third-order valence-corrected chi connectivity index (χ3v) is 6.98. The van der Waals surface area contributed by atoms with Gasteiger partial charge in [-0.1, -0.05) is 42.1 Å². The minimum Gasteiger partial charge on any atom is -0.497 e. The Kier molecular flexibility index (Phi) is 7.59. The summed E-state index contributed by atoms with van der Waals surface area (Å²) >= 11 is 2.88. The number of carbonyl (C=O) groups is 1. The molecule has 34 heavy (non-hydrogen) atoms. The van der Waals surface area contributed by atoms with Crippen LogP contribution in [0.1, 0.15) is 21.8 Å². The predicted octanol–water partition coefficient (Wildman–Crippen LogP) is 5.86. The fraction of sp³-hybridized carbons (Fsp3) is 0.231. The zero-order chi connectivity index (χ0) is 24.1. The topological polar surface area (TPSA) is 68.2 Å². The fourth-order valence-corrected chi connectivity index (χ4v) is 5.28. The van der Waals surface area contributed by atoms with E-state index in [-0.39, 0.29) is 11.7 Å². The number of amides is 1. The third kappa shape index (κ3) is 5.81. The van der Waals surface area contributed by atoms with Crippen LogP contribution in [0, 0.1) is 20.8 Å². The van der Waals surface area contributed by atoms with Crippen molar-refractivity contribution in [2.45, 2.75) is 32.5 Å². The summed E-state index contributed by atoms with van der Waals surface area (Å²) < 4.78 is 5.27. The van der Waals surface area contributed by atoms with Gasteiger partial charge in [0.15, 0.2) is 10.3 Å². The van der Waals surface area contributed by atoms with Gasteiger partial charge in [-0.2, -0.15) is 0 Å². The SMILES string of the molecule is COc1ccc(-c2nc(N(Cc3ccccc3)C(=O)CSc3nc(C)cc(C)n3)sc2C)cc1. The van der Waals surface area contributed by atoms with Crippen LogP contribution in [0.3, 0.4) is 0 Å². The number of benzene rings is 2. The molecule has 0 fully saturated rings. The Morgan fingerprint density at radius 2 is 1.65 bits per heavy atom. The monoisotopic (exact) mass is 490 g/mol. The molecule has 0 aliphatic rings. The number of nitrogens with zero attached hydrogens (tertiary/aromatic N) is 4. The average Bonchev–Trinajstić information content (AvgIpc) is 3.22. The lowest BCUT2D eigenvalue weighted by Gasteiger charge is -2.20. The van der Waals surface area contributed by atoms with E-state index >= 15 is 0 Å². The van der Waals surface area contributed by atoms with Crippen molar-refractivity contribution >= 4 is 34.1 Å². The van der Waals surface area contributed by atoms with Crippen LogP contribution in [0.15, 0.2) is 65.8 Å². The number of anilines is 1. The van der Waals surface area contributed by atoms with Gasteiger partial charge >= 0.3 is 0 Å². The van der Waals surface area contributed by atoms with Gasteiger partial charge in [0.05, 0.1) is 25.1 Å². The minimum atomic E-state index is -0.0355. The number of carbonyl (C=O) groups excluding carboxylic acids is 1. The van der Waals surface area contributed by atoms with Gasteiger partial charge < -0.3 is 4.74 Å². The Balaban J connectivity index is 1.61. The van der Waals surface area contributed by atoms with E-state index in [9.17, 15) is 4.79 Å². The maximum atomic E-state index is 13.4. The number of rotatable bonds is 8. The van der Waals surface area contributed by atoms with Crippen LogP contribution in [0.2, 0.25) is 0 Å². The molecular weight excluding hydrogens is 464 g/mol. The van der Waals surface area contributed by atoms with Crippen LogP contribution in [-0.4, -0.2) is 33.7 Å². The molecule has 0 unspecified atom stereocenters. The van der Waals surface area contributed by atoms with Crippen molar-refractivity contribution in [2.24, 2.45) is 0 Å². The maximum Gasteiger partial charge on any atom is 0.239 e. The van der Waals surface area contributed by atoms with E-state index < -0.39 is 0 Å². The van der Waals surface area contributed by atoms with E-state index in [0.29, 0.717) is 16.8 Å². The van der Waals surface area contributed by atoms with Crippen LogP contribution in [0.5, 0.6) is 5.75 Å². The number of aryl methyl sites for hydroxylation is 3. The molecule has 0 N–H and O–H groups in total. The smallest absolute Gasteiger partial charge is 0.239 e. The maximum absolute atomic E-state index is 13.4. The molecule has 4 rings (SSSR count). The normalized spacial score (nSPS) is 10.8. The van der Waals surface area contributed by atoms with Gasteiger partial charge in [-0.05, 0) is 56.7 Å². The lowest BCUT2D eigenvalue weighted by Crippen LogP contribution is -2.32. The molecule has 0 aliphatic carbocycles. The highest BCUT2D eigenvalue weighted by Gasteiger charge is 2.22. The molecule has 4 aromatic rings. The van der Waals surface area contributed by atoms with Gasteiger partial charge in [-0.15, -0.1) is 11.3 Å². The second-order valence-electron chi connectivity index (χ2n) is 7.82. The molecular formula is C26H26N4O2S2. The Hall–Kier alpha value is -3.23. The highest BCUT2D eigenvalue weighted by atomic mass is 32.2. The van der Waals surface area contributed by atoms with Crippen molar-refractivity contribution in [3.05, 3.63) is 82.5 Å². The quantitative estimate of drug-likeness (QED) is 0.228. The summed E-state index contributed by atoms with van der Waals surface area (Å²) in [5, 5.41) is 1.29. The zero-order valence-electron chi connectivity index (χ0n) is 19.6. The van der Waals surface area contributed by atoms with Gasteiger partial charge in [0.2, 0.25) is 5.91 Å². The third-order valence-electron chi connectivity index (χ3n) is 5.15. The molecule has 2 heterocycles. The molecule has 2 aromatic heterocycles. The van der Waals surface area contributed by atoms with Crippen molar-refractivity contribution < 1.29 is 9.53 Å². The number of hydrogen-bond donors (Lipinski definition) is 0. The summed E-state index contributed by atoms with van der Waals surface area (Å²) in [7, 11) is 1.65. The molecule has 0 spiro atoms.